The number of phenolic OH excluding ortho intramolecular Hbond substituents is 1. The summed E-state index contributed by atoms with van der Waals surface area (Å²) in [6.07, 6.45) is 0. The number of nitrogen functional groups attached to an aromatic ring is 1. The van der Waals surface area contributed by atoms with Crippen LogP contribution in [0.1, 0.15) is 5.56 Å². The highest BCUT2D eigenvalue weighted by Crippen LogP contribution is 2.22. The number of anilines is 2. The maximum atomic E-state index is 12.2. The molecule has 0 saturated carbocycles. The number of aromatic hydroxyl groups is 1. The van der Waals surface area contributed by atoms with Crippen LogP contribution < -0.4 is 10.5 Å². The van der Waals surface area contributed by atoms with E-state index in [0.717, 1.165) is 0 Å². The summed E-state index contributed by atoms with van der Waals surface area (Å²) in [6, 6.07) is 10.5. The van der Waals surface area contributed by atoms with E-state index in [4.69, 9.17) is 5.73 Å². The molecule has 0 saturated heterocycles. The third-order valence-electron chi connectivity index (χ3n) is 2.59. The van der Waals surface area contributed by atoms with Crippen LogP contribution in [0.3, 0.4) is 0 Å². The first kappa shape index (κ1) is 13.2. The number of hydrogen-bond acceptors (Lipinski definition) is 4. The Morgan fingerprint density at radius 1 is 1.16 bits per heavy atom. The van der Waals surface area contributed by atoms with E-state index in [9.17, 15) is 13.5 Å². The lowest BCUT2D eigenvalue weighted by Crippen LogP contribution is -2.14. The predicted molar refractivity (Wildman–Crippen MR) is 74.5 cm³/mol. The maximum Gasteiger partial charge on any atom is 0.262 e. The van der Waals surface area contributed by atoms with Gasteiger partial charge in [-0.2, -0.15) is 0 Å². The van der Waals surface area contributed by atoms with E-state index in [1.807, 2.05) is 0 Å². The van der Waals surface area contributed by atoms with Crippen LogP contribution in [0.2, 0.25) is 0 Å². The highest BCUT2D eigenvalue weighted by Gasteiger charge is 2.16. The van der Waals surface area contributed by atoms with Crippen LogP contribution in [0.5, 0.6) is 5.75 Å². The number of hydrogen-bond donors (Lipinski definition) is 3. The summed E-state index contributed by atoms with van der Waals surface area (Å²) in [5.74, 6) is -0.00534. The molecular formula is C13H14N2O3S. The standard InChI is InChI=1S/C13H14N2O3S/c1-9-7-10(14)5-6-13(9)19(17,18)15-11-3-2-4-12(16)8-11/h2-8,15-16H,14H2,1H3. The number of rotatable bonds is 3. The van der Waals surface area contributed by atoms with Crippen LogP contribution in [0.4, 0.5) is 11.4 Å². The molecule has 0 heterocycles. The van der Waals surface area contributed by atoms with Crippen molar-refractivity contribution >= 4 is 21.4 Å². The second-order valence-corrected chi connectivity index (χ2v) is 5.83. The third kappa shape index (κ3) is 2.97. The molecule has 0 bridgehead atoms. The van der Waals surface area contributed by atoms with Crippen molar-refractivity contribution in [3.63, 3.8) is 0 Å². The highest BCUT2D eigenvalue weighted by atomic mass is 32.2. The van der Waals surface area contributed by atoms with Gasteiger partial charge in [0, 0.05) is 11.8 Å². The number of nitrogens with two attached hydrogens (primary N) is 1. The topological polar surface area (TPSA) is 92.4 Å². The predicted octanol–water partition coefficient (Wildman–Crippen LogP) is 2.08. The SMILES string of the molecule is Cc1cc(N)ccc1S(=O)(=O)Nc1cccc(O)c1. The normalized spacial score (nSPS) is 11.2. The zero-order valence-corrected chi connectivity index (χ0v) is 11.1. The smallest absolute Gasteiger partial charge is 0.262 e. The van der Waals surface area contributed by atoms with Crippen molar-refractivity contribution < 1.29 is 13.5 Å². The molecule has 4 N–H and O–H groups in total. The molecule has 0 aliphatic rings. The summed E-state index contributed by atoms with van der Waals surface area (Å²) in [7, 11) is -3.69. The van der Waals surface area contributed by atoms with Gasteiger partial charge >= 0.3 is 0 Å². The van der Waals surface area contributed by atoms with Crippen LogP contribution in [-0.2, 0) is 10.0 Å². The minimum Gasteiger partial charge on any atom is -0.508 e. The molecule has 0 atom stereocenters. The Bertz CT molecular complexity index is 712. The number of sulfonamides is 1. The highest BCUT2D eigenvalue weighted by molar-refractivity contribution is 7.92. The van der Waals surface area contributed by atoms with Crippen LogP contribution >= 0.6 is 0 Å². The van der Waals surface area contributed by atoms with Gasteiger partial charge in [-0.05, 0) is 42.8 Å². The fraction of sp³-hybridized carbons (Fsp3) is 0.0769. The summed E-state index contributed by atoms with van der Waals surface area (Å²) in [4.78, 5) is 0.157. The van der Waals surface area contributed by atoms with Crippen LogP contribution in [-0.4, -0.2) is 13.5 Å². The molecule has 2 aromatic carbocycles. The summed E-state index contributed by atoms with van der Waals surface area (Å²) in [5, 5.41) is 9.32. The minimum absolute atomic E-state index is 0.00534. The average Bonchev–Trinajstić information content (AvgIpc) is 2.27. The monoisotopic (exact) mass is 278 g/mol. The van der Waals surface area contributed by atoms with E-state index in [0.29, 0.717) is 16.9 Å². The fourth-order valence-electron chi connectivity index (χ4n) is 1.75. The van der Waals surface area contributed by atoms with E-state index in [1.165, 1.54) is 24.3 Å². The van der Waals surface area contributed by atoms with Crippen LogP contribution in [0, 0.1) is 6.92 Å². The number of benzene rings is 2. The molecule has 0 radical (unpaired) electrons. The molecule has 0 aliphatic carbocycles. The van der Waals surface area contributed by atoms with Gasteiger partial charge in [0.25, 0.3) is 10.0 Å². The van der Waals surface area contributed by atoms with Crippen molar-refractivity contribution in [2.24, 2.45) is 0 Å². The quantitative estimate of drug-likeness (QED) is 0.749. The molecule has 100 valence electrons. The molecule has 0 spiro atoms. The molecular weight excluding hydrogens is 264 g/mol. The van der Waals surface area contributed by atoms with Gasteiger partial charge in [0.2, 0.25) is 0 Å². The Hall–Kier alpha value is -2.21. The number of phenols is 1. The first-order valence-electron chi connectivity index (χ1n) is 5.56. The van der Waals surface area contributed by atoms with E-state index < -0.39 is 10.0 Å². The van der Waals surface area contributed by atoms with Gasteiger partial charge in [0.15, 0.2) is 0 Å². The Morgan fingerprint density at radius 3 is 2.53 bits per heavy atom. The molecule has 5 nitrogen and oxygen atoms in total. The van der Waals surface area contributed by atoms with Gasteiger partial charge in [-0.25, -0.2) is 8.42 Å². The van der Waals surface area contributed by atoms with Crippen molar-refractivity contribution in [1.29, 1.82) is 0 Å². The number of nitrogens with one attached hydrogen (secondary N) is 1. The second kappa shape index (κ2) is 4.81. The van der Waals surface area contributed by atoms with Crippen LogP contribution in [0.25, 0.3) is 0 Å². The first-order chi connectivity index (χ1) is 8.88. The van der Waals surface area contributed by atoms with Crippen molar-refractivity contribution in [2.45, 2.75) is 11.8 Å². The number of aryl methyl sites for hydroxylation is 1. The van der Waals surface area contributed by atoms with E-state index in [1.54, 1.807) is 25.1 Å². The fourth-order valence-corrected chi connectivity index (χ4v) is 3.03. The molecule has 2 aromatic rings. The molecule has 0 unspecified atom stereocenters. The average molecular weight is 278 g/mol. The minimum atomic E-state index is -3.69. The molecule has 0 amide bonds. The Labute approximate surface area is 111 Å². The van der Waals surface area contributed by atoms with Gasteiger partial charge in [-0.3, -0.25) is 4.72 Å². The van der Waals surface area contributed by atoms with Gasteiger partial charge < -0.3 is 10.8 Å². The Kier molecular flexibility index (Phi) is 3.35. The first-order valence-corrected chi connectivity index (χ1v) is 7.05. The van der Waals surface area contributed by atoms with E-state index in [-0.39, 0.29) is 10.6 Å². The molecule has 6 heteroatoms. The lowest BCUT2D eigenvalue weighted by molar-refractivity contribution is 0.475. The van der Waals surface area contributed by atoms with Gasteiger partial charge in [0.1, 0.15) is 5.75 Å². The summed E-state index contributed by atoms with van der Waals surface area (Å²) in [5.41, 5.74) is 6.97. The van der Waals surface area contributed by atoms with E-state index >= 15 is 0 Å². The summed E-state index contributed by atoms with van der Waals surface area (Å²) in [6.45, 7) is 1.67. The summed E-state index contributed by atoms with van der Waals surface area (Å²) < 4.78 is 26.8. The second-order valence-electron chi connectivity index (χ2n) is 4.18. The van der Waals surface area contributed by atoms with Crippen molar-refractivity contribution in [3.8, 4) is 5.75 Å². The van der Waals surface area contributed by atoms with Crippen molar-refractivity contribution in [2.75, 3.05) is 10.5 Å². The van der Waals surface area contributed by atoms with Gasteiger partial charge in [0.05, 0.1) is 10.6 Å². The Balaban J connectivity index is 2.38. The molecule has 0 aliphatic heterocycles. The Morgan fingerprint density at radius 2 is 1.89 bits per heavy atom. The maximum absolute atomic E-state index is 12.2. The third-order valence-corrected chi connectivity index (χ3v) is 4.13. The van der Waals surface area contributed by atoms with Crippen molar-refractivity contribution in [3.05, 3.63) is 48.0 Å². The largest absolute Gasteiger partial charge is 0.508 e. The molecule has 0 fully saturated rings. The van der Waals surface area contributed by atoms with Gasteiger partial charge in [-0.15, -0.1) is 0 Å². The lowest BCUT2D eigenvalue weighted by Gasteiger charge is -2.11. The summed E-state index contributed by atoms with van der Waals surface area (Å²) >= 11 is 0. The zero-order valence-electron chi connectivity index (χ0n) is 10.3. The van der Waals surface area contributed by atoms with E-state index in [2.05, 4.69) is 4.72 Å². The zero-order chi connectivity index (χ0) is 14.0. The molecule has 0 aromatic heterocycles. The van der Waals surface area contributed by atoms with Crippen molar-refractivity contribution in [1.82, 2.24) is 0 Å². The van der Waals surface area contributed by atoms with Crippen LogP contribution in [0.15, 0.2) is 47.4 Å². The molecule has 19 heavy (non-hydrogen) atoms. The molecule has 2 rings (SSSR count). The van der Waals surface area contributed by atoms with Gasteiger partial charge in [-0.1, -0.05) is 6.07 Å². The lowest BCUT2D eigenvalue weighted by atomic mass is 10.2.